The van der Waals surface area contributed by atoms with E-state index in [1.54, 1.807) is 17.0 Å². The Hall–Kier alpha value is -0.580. The topological polar surface area (TPSA) is 77.8 Å². The van der Waals surface area contributed by atoms with Gasteiger partial charge in [0, 0.05) is 23.1 Å². The van der Waals surface area contributed by atoms with Crippen molar-refractivity contribution in [2.24, 2.45) is 5.92 Å². The normalized spacial score (nSPS) is 18.6. The number of halogens is 2. The van der Waals surface area contributed by atoms with Crippen molar-refractivity contribution < 1.29 is 19.8 Å². The number of carbonyl (C=O) groups excluding carboxylic acids is 1. The number of hydrogen-bond donors (Lipinski definition) is 2. The SMILES string of the molecule is O=C(O)CC1CCCN(C(=O)c2cc(I)cc(I)c2O)C1. The van der Waals surface area contributed by atoms with Gasteiger partial charge in [0.25, 0.3) is 5.91 Å². The Bertz CT molecular complexity index is 576. The molecule has 5 nitrogen and oxygen atoms in total. The van der Waals surface area contributed by atoms with E-state index >= 15 is 0 Å². The summed E-state index contributed by atoms with van der Waals surface area (Å²) in [6.45, 7) is 1.04. The van der Waals surface area contributed by atoms with E-state index in [9.17, 15) is 14.7 Å². The lowest BCUT2D eigenvalue weighted by Gasteiger charge is -2.32. The highest BCUT2D eigenvalue weighted by atomic mass is 127. The smallest absolute Gasteiger partial charge is 0.303 e. The van der Waals surface area contributed by atoms with Crippen molar-refractivity contribution in [3.63, 3.8) is 0 Å². The molecule has 1 unspecified atom stereocenters. The molecule has 1 saturated heterocycles. The molecule has 21 heavy (non-hydrogen) atoms. The fourth-order valence-electron chi connectivity index (χ4n) is 2.56. The van der Waals surface area contributed by atoms with Crippen molar-refractivity contribution in [3.05, 3.63) is 24.8 Å². The molecule has 7 heteroatoms. The van der Waals surface area contributed by atoms with Crippen LogP contribution in [0.1, 0.15) is 29.6 Å². The van der Waals surface area contributed by atoms with Crippen molar-refractivity contribution in [2.45, 2.75) is 19.3 Å². The van der Waals surface area contributed by atoms with E-state index in [1.807, 2.05) is 22.6 Å². The van der Waals surface area contributed by atoms with Gasteiger partial charge in [0.05, 0.1) is 9.13 Å². The van der Waals surface area contributed by atoms with Gasteiger partial charge in [-0.2, -0.15) is 0 Å². The molecular formula is C14H15I2NO4. The molecular weight excluding hydrogens is 500 g/mol. The number of amides is 1. The zero-order chi connectivity index (χ0) is 15.6. The number of carbonyl (C=O) groups is 2. The van der Waals surface area contributed by atoms with E-state index < -0.39 is 5.97 Å². The van der Waals surface area contributed by atoms with E-state index in [1.165, 1.54) is 0 Å². The first-order valence-corrected chi connectivity index (χ1v) is 8.73. The van der Waals surface area contributed by atoms with Crippen LogP contribution >= 0.6 is 45.2 Å². The highest BCUT2D eigenvalue weighted by Gasteiger charge is 2.27. The maximum absolute atomic E-state index is 12.6. The molecule has 2 rings (SSSR count). The summed E-state index contributed by atoms with van der Waals surface area (Å²) in [5, 5.41) is 19.0. The predicted octanol–water partition coefficient (Wildman–Crippen LogP) is 2.93. The molecule has 0 aromatic heterocycles. The second kappa shape index (κ2) is 7.12. The third-order valence-electron chi connectivity index (χ3n) is 3.53. The zero-order valence-corrected chi connectivity index (χ0v) is 15.5. The number of benzene rings is 1. The number of phenols is 1. The molecule has 114 valence electrons. The van der Waals surface area contributed by atoms with Gasteiger partial charge in [-0.05, 0) is 76.1 Å². The number of aromatic hydroxyl groups is 1. The quantitative estimate of drug-likeness (QED) is 0.608. The molecule has 0 bridgehead atoms. The largest absolute Gasteiger partial charge is 0.506 e. The monoisotopic (exact) mass is 515 g/mol. The van der Waals surface area contributed by atoms with Crippen LogP contribution in [0.25, 0.3) is 0 Å². The summed E-state index contributed by atoms with van der Waals surface area (Å²) < 4.78 is 1.53. The Morgan fingerprint density at radius 2 is 2.05 bits per heavy atom. The summed E-state index contributed by atoms with van der Waals surface area (Å²) in [5.41, 5.74) is 0.294. The maximum atomic E-state index is 12.6. The van der Waals surface area contributed by atoms with Crippen molar-refractivity contribution in [2.75, 3.05) is 13.1 Å². The van der Waals surface area contributed by atoms with Gasteiger partial charge < -0.3 is 15.1 Å². The minimum atomic E-state index is -0.832. The first kappa shape index (κ1) is 16.8. The first-order chi connectivity index (χ1) is 9.88. The van der Waals surface area contributed by atoms with Gasteiger partial charge in [0.15, 0.2) is 0 Å². The summed E-state index contributed by atoms with van der Waals surface area (Å²) >= 11 is 4.10. The third kappa shape index (κ3) is 4.21. The summed E-state index contributed by atoms with van der Waals surface area (Å²) in [5.74, 6) is -1.06. The second-order valence-electron chi connectivity index (χ2n) is 5.14. The Morgan fingerprint density at radius 1 is 1.33 bits per heavy atom. The van der Waals surface area contributed by atoms with E-state index in [2.05, 4.69) is 22.6 Å². The van der Waals surface area contributed by atoms with Gasteiger partial charge in [-0.1, -0.05) is 0 Å². The predicted molar refractivity (Wildman–Crippen MR) is 94.4 cm³/mol. The molecule has 1 amide bonds. The van der Waals surface area contributed by atoms with Crippen LogP contribution in [-0.2, 0) is 4.79 Å². The molecule has 0 saturated carbocycles. The number of likely N-dealkylation sites (tertiary alicyclic amines) is 1. The molecule has 1 fully saturated rings. The summed E-state index contributed by atoms with van der Waals surface area (Å²) in [6.07, 6.45) is 1.71. The molecule has 2 N–H and O–H groups in total. The number of phenolic OH excluding ortho intramolecular Hbond substituents is 1. The number of carboxylic acid groups (broad SMARTS) is 1. The Morgan fingerprint density at radius 3 is 2.71 bits per heavy atom. The highest BCUT2D eigenvalue weighted by molar-refractivity contribution is 14.1. The van der Waals surface area contributed by atoms with Crippen LogP contribution in [0.15, 0.2) is 12.1 Å². The minimum absolute atomic E-state index is 0.00127. The molecule has 1 atom stereocenters. The van der Waals surface area contributed by atoms with Gasteiger partial charge >= 0.3 is 5.97 Å². The lowest BCUT2D eigenvalue weighted by atomic mass is 9.94. The fraction of sp³-hybridized carbons (Fsp3) is 0.429. The van der Waals surface area contributed by atoms with Gasteiger partial charge in [-0.25, -0.2) is 0 Å². The van der Waals surface area contributed by atoms with Crippen LogP contribution in [-0.4, -0.2) is 40.1 Å². The van der Waals surface area contributed by atoms with Crippen LogP contribution in [0, 0.1) is 13.1 Å². The second-order valence-corrected chi connectivity index (χ2v) is 7.55. The Balaban J connectivity index is 2.18. The van der Waals surface area contributed by atoms with Crippen LogP contribution in [0.5, 0.6) is 5.75 Å². The zero-order valence-electron chi connectivity index (χ0n) is 11.2. The van der Waals surface area contributed by atoms with E-state index in [0.717, 1.165) is 16.4 Å². The lowest BCUT2D eigenvalue weighted by molar-refractivity contribution is -0.138. The summed E-state index contributed by atoms with van der Waals surface area (Å²) in [7, 11) is 0. The Kier molecular flexibility index (Phi) is 5.69. The lowest BCUT2D eigenvalue weighted by Crippen LogP contribution is -2.40. The third-order valence-corrected chi connectivity index (χ3v) is 4.97. The van der Waals surface area contributed by atoms with E-state index in [0.29, 0.717) is 22.2 Å². The Labute approximate surface area is 150 Å². The molecule has 0 aliphatic carbocycles. The molecule has 0 radical (unpaired) electrons. The van der Waals surface area contributed by atoms with Crippen LogP contribution in [0.3, 0.4) is 0 Å². The van der Waals surface area contributed by atoms with Gasteiger partial charge in [-0.15, -0.1) is 0 Å². The van der Waals surface area contributed by atoms with Gasteiger partial charge in [0.2, 0.25) is 0 Å². The molecule has 0 spiro atoms. The van der Waals surface area contributed by atoms with Crippen molar-refractivity contribution in [1.29, 1.82) is 0 Å². The molecule has 1 aromatic carbocycles. The fourth-order valence-corrected chi connectivity index (χ4v) is 4.41. The van der Waals surface area contributed by atoms with E-state index in [4.69, 9.17) is 5.11 Å². The molecule has 1 aromatic rings. The van der Waals surface area contributed by atoms with Crippen LogP contribution < -0.4 is 0 Å². The van der Waals surface area contributed by atoms with Crippen LogP contribution in [0.4, 0.5) is 0 Å². The average molecular weight is 515 g/mol. The first-order valence-electron chi connectivity index (χ1n) is 6.57. The maximum Gasteiger partial charge on any atom is 0.303 e. The summed E-state index contributed by atoms with van der Waals surface area (Å²) in [6, 6.07) is 3.47. The van der Waals surface area contributed by atoms with Gasteiger partial charge in [-0.3, -0.25) is 9.59 Å². The van der Waals surface area contributed by atoms with Crippen LogP contribution in [0.2, 0.25) is 0 Å². The van der Waals surface area contributed by atoms with Crippen molar-refractivity contribution >= 4 is 57.1 Å². The number of rotatable bonds is 3. The standard InChI is InChI=1S/C14H15I2NO4/c15-9-5-10(13(20)11(16)6-9)14(21)17-3-1-2-8(7-17)4-12(18)19/h5-6,8,20H,1-4,7H2,(H,18,19). The molecule has 1 aliphatic rings. The number of nitrogens with zero attached hydrogens (tertiary/aromatic N) is 1. The van der Waals surface area contributed by atoms with Crippen molar-refractivity contribution in [1.82, 2.24) is 4.90 Å². The number of carboxylic acids is 1. The molecule has 1 heterocycles. The number of piperidine rings is 1. The molecule has 1 aliphatic heterocycles. The average Bonchev–Trinajstić information content (AvgIpc) is 2.41. The number of hydrogen-bond acceptors (Lipinski definition) is 3. The van der Waals surface area contributed by atoms with Gasteiger partial charge in [0.1, 0.15) is 5.75 Å². The van der Waals surface area contributed by atoms with Crippen molar-refractivity contribution in [3.8, 4) is 5.75 Å². The van der Waals surface area contributed by atoms with E-state index in [-0.39, 0.29) is 24.0 Å². The summed E-state index contributed by atoms with van der Waals surface area (Å²) in [4.78, 5) is 25.0. The highest BCUT2D eigenvalue weighted by Crippen LogP contribution is 2.29. The number of aliphatic carboxylic acids is 1. The minimum Gasteiger partial charge on any atom is -0.506 e.